The second kappa shape index (κ2) is 8.82. The van der Waals surface area contributed by atoms with Gasteiger partial charge in [-0.3, -0.25) is 4.79 Å². The van der Waals surface area contributed by atoms with E-state index in [4.69, 9.17) is 9.84 Å². The predicted octanol–water partition coefficient (Wildman–Crippen LogP) is 4.39. The number of hydrogen-bond acceptors (Lipinski definition) is 3. The number of aliphatic carboxylic acids is 1. The molecule has 0 bridgehead atoms. The maximum Gasteiger partial charge on any atom is 0.407 e. The van der Waals surface area contributed by atoms with Gasteiger partial charge in [0.25, 0.3) is 0 Å². The highest BCUT2D eigenvalue weighted by Crippen LogP contribution is 2.44. The van der Waals surface area contributed by atoms with Crippen LogP contribution in [0.3, 0.4) is 0 Å². The molecule has 3 aromatic rings. The SMILES string of the molecule is O=C(O)Cc1ccccc1CCNC(=O)OCC1c2ccccc2-c2ccccc21. The number of nitrogens with one attached hydrogen (secondary N) is 1. The van der Waals surface area contributed by atoms with E-state index >= 15 is 0 Å². The summed E-state index contributed by atoms with van der Waals surface area (Å²) in [6.07, 6.45) is 0.0574. The molecule has 2 N–H and O–H groups in total. The molecule has 0 atom stereocenters. The van der Waals surface area contributed by atoms with E-state index in [0.717, 1.165) is 11.1 Å². The van der Waals surface area contributed by atoms with E-state index in [0.29, 0.717) is 13.0 Å². The molecule has 1 amide bonds. The predicted molar refractivity (Wildman–Crippen MR) is 115 cm³/mol. The smallest absolute Gasteiger partial charge is 0.407 e. The Morgan fingerprint density at radius 2 is 1.40 bits per heavy atom. The van der Waals surface area contributed by atoms with E-state index < -0.39 is 12.1 Å². The normalized spacial score (nSPS) is 12.1. The van der Waals surface area contributed by atoms with Crippen molar-refractivity contribution >= 4 is 12.1 Å². The zero-order valence-electron chi connectivity index (χ0n) is 16.5. The number of ether oxygens (including phenoxy) is 1. The lowest BCUT2D eigenvalue weighted by atomic mass is 9.98. The van der Waals surface area contributed by atoms with Crippen LogP contribution >= 0.6 is 0 Å². The number of hydrogen-bond donors (Lipinski definition) is 2. The van der Waals surface area contributed by atoms with Crippen LogP contribution in [0.2, 0.25) is 0 Å². The summed E-state index contributed by atoms with van der Waals surface area (Å²) in [4.78, 5) is 23.2. The number of alkyl carbamates (subject to hydrolysis) is 1. The van der Waals surface area contributed by atoms with Crippen molar-refractivity contribution in [2.24, 2.45) is 0 Å². The van der Waals surface area contributed by atoms with Crippen LogP contribution in [0.25, 0.3) is 11.1 Å². The molecular formula is C25H23NO4. The molecule has 0 fully saturated rings. The third-order valence-electron chi connectivity index (χ3n) is 5.47. The fourth-order valence-electron chi connectivity index (χ4n) is 4.09. The summed E-state index contributed by atoms with van der Waals surface area (Å²) in [5, 5.41) is 11.8. The molecule has 0 spiro atoms. The van der Waals surface area contributed by atoms with Gasteiger partial charge in [-0.1, -0.05) is 72.8 Å². The minimum Gasteiger partial charge on any atom is -0.481 e. The monoisotopic (exact) mass is 401 g/mol. The Morgan fingerprint density at radius 1 is 0.833 bits per heavy atom. The Hall–Kier alpha value is -3.60. The number of benzene rings is 3. The van der Waals surface area contributed by atoms with E-state index in [1.807, 2.05) is 42.5 Å². The van der Waals surface area contributed by atoms with Crippen molar-refractivity contribution in [3.63, 3.8) is 0 Å². The fraction of sp³-hybridized carbons (Fsp3) is 0.200. The molecule has 0 saturated heterocycles. The summed E-state index contributed by atoms with van der Waals surface area (Å²) in [7, 11) is 0. The van der Waals surface area contributed by atoms with Gasteiger partial charge in [0.15, 0.2) is 0 Å². The van der Waals surface area contributed by atoms with Crippen LogP contribution in [0.4, 0.5) is 4.79 Å². The van der Waals surface area contributed by atoms with Crippen LogP contribution in [0.1, 0.15) is 28.2 Å². The second-order valence-electron chi connectivity index (χ2n) is 7.34. The van der Waals surface area contributed by atoms with Crippen LogP contribution in [-0.4, -0.2) is 30.3 Å². The maximum absolute atomic E-state index is 12.2. The van der Waals surface area contributed by atoms with Crippen LogP contribution in [-0.2, 0) is 22.4 Å². The summed E-state index contributed by atoms with van der Waals surface area (Å²) < 4.78 is 5.53. The Labute approximate surface area is 175 Å². The van der Waals surface area contributed by atoms with Crippen LogP contribution in [0, 0.1) is 0 Å². The van der Waals surface area contributed by atoms with E-state index in [1.165, 1.54) is 22.3 Å². The van der Waals surface area contributed by atoms with Crippen molar-refractivity contribution in [3.8, 4) is 11.1 Å². The third kappa shape index (κ3) is 4.20. The van der Waals surface area contributed by atoms with Gasteiger partial charge in [0.2, 0.25) is 0 Å². The van der Waals surface area contributed by atoms with Gasteiger partial charge in [-0.05, 0) is 39.8 Å². The summed E-state index contributed by atoms with van der Waals surface area (Å²) in [5.41, 5.74) is 6.41. The lowest BCUT2D eigenvalue weighted by Crippen LogP contribution is -2.28. The number of carboxylic acid groups (broad SMARTS) is 1. The Morgan fingerprint density at radius 3 is 2.03 bits per heavy atom. The lowest BCUT2D eigenvalue weighted by molar-refractivity contribution is -0.136. The average Bonchev–Trinajstić information content (AvgIpc) is 3.07. The first-order valence-electron chi connectivity index (χ1n) is 10.0. The number of carbonyl (C=O) groups is 2. The van der Waals surface area contributed by atoms with Gasteiger partial charge in [-0.15, -0.1) is 0 Å². The topological polar surface area (TPSA) is 75.6 Å². The second-order valence-corrected chi connectivity index (χ2v) is 7.34. The van der Waals surface area contributed by atoms with E-state index in [1.54, 1.807) is 6.07 Å². The molecule has 0 aliphatic heterocycles. The van der Waals surface area contributed by atoms with Crippen LogP contribution in [0.15, 0.2) is 72.8 Å². The van der Waals surface area contributed by atoms with Crippen LogP contribution in [0.5, 0.6) is 0 Å². The van der Waals surface area contributed by atoms with Gasteiger partial charge in [0.05, 0.1) is 6.42 Å². The van der Waals surface area contributed by atoms with E-state index in [-0.39, 0.29) is 18.9 Å². The molecule has 0 radical (unpaired) electrons. The number of fused-ring (bicyclic) bond motifs is 3. The summed E-state index contributed by atoms with van der Waals surface area (Å²) in [6.45, 7) is 0.656. The van der Waals surface area contributed by atoms with Crippen LogP contribution < -0.4 is 5.32 Å². The quantitative estimate of drug-likeness (QED) is 0.615. The minimum absolute atomic E-state index is 0.0267. The van der Waals surface area contributed by atoms with Crippen molar-refractivity contribution in [3.05, 3.63) is 95.1 Å². The van der Waals surface area contributed by atoms with Crippen molar-refractivity contribution in [1.82, 2.24) is 5.32 Å². The molecule has 0 unspecified atom stereocenters. The van der Waals surface area contributed by atoms with Gasteiger partial charge in [-0.2, -0.15) is 0 Å². The Bertz CT molecular complexity index is 1030. The lowest BCUT2D eigenvalue weighted by Gasteiger charge is -2.15. The molecule has 1 aliphatic rings. The number of rotatable bonds is 7. The van der Waals surface area contributed by atoms with Gasteiger partial charge in [0, 0.05) is 12.5 Å². The zero-order valence-corrected chi connectivity index (χ0v) is 16.5. The molecular weight excluding hydrogens is 378 g/mol. The van der Waals surface area contributed by atoms with Crippen molar-refractivity contribution in [2.75, 3.05) is 13.2 Å². The zero-order chi connectivity index (χ0) is 20.9. The first-order chi connectivity index (χ1) is 14.6. The summed E-state index contributed by atoms with van der Waals surface area (Å²) >= 11 is 0. The van der Waals surface area contributed by atoms with Gasteiger partial charge >= 0.3 is 12.1 Å². The average molecular weight is 401 g/mol. The standard InChI is InChI=1S/C25H23NO4/c27-24(28)15-18-8-2-1-7-17(18)13-14-26-25(29)30-16-23-21-11-5-3-9-19(21)20-10-4-6-12-22(20)23/h1-12,23H,13-16H2,(H,26,29)(H,27,28). The number of amides is 1. The first-order valence-corrected chi connectivity index (χ1v) is 10.0. The molecule has 5 nitrogen and oxygen atoms in total. The molecule has 4 rings (SSSR count). The Kier molecular flexibility index (Phi) is 5.80. The minimum atomic E-state index is -0.869. The number of carbonyl (C=O) groups excluding carboxylic acids is 1. The van der Waals surface area contributed by atoms with Gasteiger partial charge < -0.3 is 15.2 Å². The molecule has 152 valence electrons. The van der Waals surface area contributed by atoms with Crippen molar-refractivity contribution in [1.29, 1.82) is 0 Å². The van der Waals surface area contributed by atoms with E-state index in [9.17, 15) is 9.59 Å². The van der Waals surface area contributed by atoms with E-state index in [2.05, 4.69) is 29.6 Å². The van der Waals surface area contributed by atoms with Crippen molar-refractivity contribution < 1.29 is 19.4 Å². The molecule has 3 aromatic carbocycles. The highest BCUT2D eigenvalue weighted by Gasteiger charge is 2.28. The largest absolute Gasteiger partial charge is 0.481 e. The summed E-state index contributed by atoms with van der Waals surface area (Å²) in [5.74, 6) is -0.841. The molecule has 0 heterocycles. The molecule has 0 aromatic heterocycles. The van der Waals surface area contributed by atoms with Crippen molar-refractivity contribution in [2.45, 2.75) is 18.8 Å². The Balaban J connectivity index is 1.34. The van der Waals surface area contributed by atoms with Gasteiger partial charge in [-0.25, -0.2) is 4.79 Å². The highest BCUT2D eigenvalue weighted by molar-refractivity contribution is 5.79. The molecule has 0 saturated carbocycles. The molecule has 30 heavy (non-hydrogen) atoms. The number of carboxylic acids is 1. The summed E-state index contributed by atoms with van der Waals surface area (Å²) in [6, 6.07) is 23.8. The third-order valence-corrected chi connectivity index (χ3v) is 5.47. The van der Waals surface area contributed by atoms with Gasteiger partial charge in [0.1, 0.15) is 6.61 Å². The fourth-order valence-corrected chi connectivity index (χ4v) is 4.09. The highest BCUT2D eigenvalue weighted by atomic mass is 16.5. The molecule has 5 heteroatoms. The first kappa shape index (κ1) is 19.7. The molecule has 1 aliphatic carbocycles. The maximum atomic E-state index is 12.2.